The van der Waals surface area contributed by atoms with Gasteiger partial charge in [0.2, 0.25) is 11.0 Å². The fraction of sp³-hybridized carbons (Fsp3) is 0.583. The molecule has 20 heavy (non-hydrogen) atoms. The zero-order valence-electron chi connectivity index (χ0n) is 12.1. The second-order valence-corrected chi connectivity index (χ2v) is 6.92. The predicted molar refractivity (Wildman–Crippen MR) is 74.6 cm³/mol. The lowest BCUT2D eigenvalue weighted by Crippen LogP contribution is -2.37. The highest BCUT2D eigenvalue weighted by molar-refractivity contribution is 7.88. The minimum Gasteiger partial charge on any atom is -0.447 e. The van der Waals surface area contributed by atoms with Gasteiger partial charge in [0.25, 0.3) is 10.0 Å². The third-order valence-corrected chi connectivity index (χ3v) is 4.10. The lowest BCUT2D eigenvalue weighted by Gasteiger charge is -2.09. The highest BCUT2D eigenvalue weighted by Gasteiger charge is 2.21. The van der Waals surface area contributed by atoms with E-state index in [1.54, 1.807) is 6.07 Å². The maximum Gasteiger partial charge on any atom is 0.275 e. The van der Waals surface area contributed by atoms with Gasteiger partial charge in [0.1, 0.15) is 5.76 Å². The second kappa shape index (κ2) is 6.87. The van der Waals surface area contributed by atoms with Gasteiger partial charge >= 0.3 is 0 Å². The van der Waals surface area contributed by atoms with E-state index >= 15 is 0 Å². The summed E-state index contributed by atoms with van der Waals surface area (Å²) in [5.41, 5.74) is 0. The zero-order valence-corrected chi connectivity index (χ0v) is 13.0. The predicted octanol–water partition coefficient (Wildman–Crippen LogP) is 0.144. The Balaban J connectivity index is 2.52. The van der Waals surface area contributed by atoms with E-state index in [9.17, 15) is 13.2 Å². The van der Waals surface area contributed by atoms with E-state index in [1.807, 2.05) is 13.8 Å². The van der Waals surface area contributed by atoms with Crippen LogP contribution < -0.4 is 10.6 Å². The molecule has 0 aromatic carbocycles. The van der Waals surface area contributed by atoms with Crippen molar-refractivity contribution < 1.29 is 17.6 Å². The van der Waals surface area contributed by atoms with Crippen molar-refractivity contribution >= 4 is 15.9 Å². The van der Waals surface area contributed by atoms with Gasteiger partial charge in [-0.05, 0) is 26.0 Å². The average molecular weight is 303 g/mol. The average Bonchev–Trinajstić information content (AvgIpc) is 2.77. The SMILES string of the molecule is CC(C)NC(=O)CNCc1ccc(S(=O)(=O)N(C)C)o1. The summed E-state index contributed by atoms with van der Waals surface area (Å²) in [6.45, 7) is 4.19. The summed E-state index contributed by atoms with van der Waals surface area (Å²) in [6.07, 6.45) is 0. The van der Waals surface area contributed by atoms with Gasteiger partial charge in [-0.3, -0.25) is 4.79 Å². The molecule has 0 atom stereocenters. The molecular formula is C12H21N3O4S. The summed E-state index contributed by atoms with van der Waals surface area (Å²) >= 11 is 0. The quantitative estimate of drug-likeness (QED) is 0.748. The van der Waals surface area contributed by atoms with Crippen LogP contribution in [0.4, 0.5) is 0 Å². The molecule has 0 aliphatic heterocycles. The maximum absolute atomic E-state index is 11.8. The molecule has 2 N–H and O–H groups in total. The van der Waals surface area contributed by atoms with Crippen LogP contribution in [0.15, 0.2) is 21.6 Å². The van der Waals surface area contributed by atoms with Gasteiger partial charge in [-0.15, -0.1) is 0 Å². The van der Waals surface area contributed by atoms with E-state index in [1.165, 1.54) is 20.2 Å². The molecule has 1 rings (SSSR count). The summed E-state index contributed by atoms with van der Waals surface area (Å²) in [7, 11) is -0.681. The first-order chi connectivity index (χ1) is 9.23. The highest BCUT2D eigenvalue weighted by atomic mass is 32.2. The van der Waals surface area contributed by atoms with Crippen LogP contribution in [0.1, 0.15) is 19.6 Å². The fourth-order valence-corrected chi connectivity index (χ4v) is 2.26. The Bertz CT molecular complexity index is 549. The third-order valence-electron chi connectivity index (χ3n) is 2.41. The maximum atomic E-state index is 11.8. The van der Waals surface area contributed by atoms with E-state index in [-0.39, 0.29) is 30.1 Å². The van der Waals surface area contributed by atoms with Crippen LogP contribution in [0, 0.1) is 0 Å². The molecule has 0 saturated heterocycles. The number of carbonyl (C=O) groups is 1. The molecule has 0 radical (unpaired) electrons. The zero-order chi connectivity index (χ0) is 15.3. The molecule has 8 heteroatoms. The summed E-state index contributed by atoms with van der Waals surface area (Å²) in [6, 6.07) is 3.06. The van der Waals surface area contributed by atoms with Gasteiger partial charge in [-0.1, -0.05) is 0 Å². The Hall–Kier alpha value is -1.38. The molecule has 1 aromatic rings. The smallest absolute Gasteiger partial charge is 0.275 e. The number of amides is 1. The molecule has 0 aliphatic rings. The first-order valence-corrected chi connectivity index (χ1v) is 7.69. The monoisotopic (exact) mass is 303 g/mol. The third kappa shape index (κ3) is 4.62. The molecule has 0 spiro atoms. The first kappa shape index (κ1) is 16.7. The minimum absolute atomic E-state index is 0.0877. The lowest BCUT2D eigenvalue weighted by atomic mass is 10.4. The first-order valence-electron chi connectivity index (χ1n) is 6.25. The molecule has 7 nitrogen and oxygen atoms in total. The normalized spacial score (nSPS) is 12.1. The van der Waals surface area contributed by atoms with E-state index < -0.39 is 10.0 Å². The minimum atomic E-state index is -3.55. The topological polar surface area (TPSA) is 91.7 Å². The van der Waals surface area contributed by atoms with Crippen molar-refractivity contribution in [2.45, 2.75) is 31.5 Å². The summed E-state index contributed by atoms with van der Waals surface area (Å²) < 4.78 is 29.9. The molecule has 0 fully saturated rings. The Kier molecular flexibility index (Phi) is 5.73. The van der Waals surface area contributed by atoms with Crippen LogP contribution in [0.5, 0.6) is 0 Å². The number of carbonyl (C=O) groups excluding carboxylic acids is 1. The molecule has 0 bridgehead atoms. The number of rotatable bonds is 7. The largest absolute Gasteiger partial charge is 0.447 e. The van der Waals surface area contributed by atoms with Crippen LogP contribution in [0.2, 0.25) is 0 Å². The van der Waals surface area contributed by atoms with Gasteiger partial charge in [0.05, 0.1) is 13.1 Å². The van der Waals surface area contributed by atoms with Crippen molar-refractivity contribution in [3.05, 3.63) is 17.9 Å². The standard InChI is InChI=1S/C12H21N3O4S/c1-9(2)14-11(16)8-13-7-10-5-6-12(19-10)20(17,18)15(3)4/h5-6,9,13H,7-8H2,1-4H3,(H,14,16). The fourth-order valence-electron chi connectivity index (χ4n) is 1.44. The molecule has 0 unspecified atom stereocenters. The van der Waals surface area contributed by atoms with E-state index in [2.05, 4.69) is 10.6 Å². The van der Waals surface area contributed by atoms with Gasteiger partial charge in [0, 0.05) is 20.1 Å². The van der Waals surface area contributed by atoms with Crippen molar-refractivity contribution in [3.63, 3.8) is 0 Å². The van der Waals surface area contributed by atoms with Gasteiger partial charge in [-0.2, -0.15) is 0 Å². The molecule has 1 amide bonds. The van der Waals surface area contributed by atoms with Crippen molar-refractivity contribution in [1.29, 1.82) is 0 Å². The van der Waals surface area contributed by atoms with Crippen molar-refractivity contribution in [2.75, 3.05) is 20.6 Å². The van der Waals surface area contributed by atoms with E-state index in [0.29, 0.717) is 5.76 Å². The Morgan fingerprint density at radius 1 is 1.35 bits per heavy atom. The number of nitrogens with one attached hydrogen (secondary N) is 2. The van der Waals surface area contributed by atoms with Gasteiger partial charge in [-0.25, -0.2) is 12.7 Å². The van der Waals surface area contributed by atoms with Crippen LogP contribution >= 0.6 is 0 Å². The Labute approximate surface area is 119 Å². The lowest BCUT2D eigenvalue weighted by molar-refractivity contribution is -0.120. The summed E-state index contributed by atoms with van der Waals surface area (Å²) in [5.74, 6) is 0.343. The van der Waals surface area contributed by atoms with Crippen LogP contribution in [0.25, 0.3) is 0 Å². The summed E-state index contributed by atoms with van der Waals surface area (Å²) in [5, 5.41) is 5.52. The molecule has 1 heterocycles. The molecular weight excluding hydrogens is 282 g/mol. The molecule has 114 valence electrons. The molecule has 1 aromatic heterocycles. The van der Waals surface area contributed by atoms with E-state index in [0.717, 1.165) is 4.31 Å². The molecule has 0 saturated carbocycles. The number of hydrogen-bond donors (Lipinski definition) is 2. The number of furan rings is 1. The Morgan fingerprint density at radius 2 is 2.00 bits per heavy atom. The highest BCUT2D eigenvalue weighted by Crippen LogP contribution is 2.16. The Morgan fingerprint density at radius 3 is 2.55 bits per heavy atom. The van der Waals surface area contributed by atoms with Gasteiger partial charge in [0.15, 0.2) is 0 Å². The number of nitrogens with zero attached hydrogens (tertiary/aromatic N) is 1. The number of sulfonamides is 1. The van der Waals surface area contributed by atoms with Crippen LogP contribution in [0.3, 0.4) is 0 Å². The van der Waals surface area contributed by atoms with E-state index in [4.69, 9.17) is 4.42 Å². The summed E-state index contributed by atoms with van der Waals surface area (Å²) in [4.78, 5) is 11.4. The van der Waals surface area contributed by atoms with Crippen molar-refractivity contribution in [3.8, 4) is 0 Å². The second-order valence-electron chi connectivity index (χ2n) is 4.83. The molecule has 0 aliphatic carbocycles. The van der Waals surface area contributed by atoms with Crippen LogP contribution in [-0.2, 0) is 21.4 Å². The number of hydrogen-bond acceptors (Lipinski definition) is 5. The van der Waals surface area contributed by atoms with Gasteiger partial charge < -0.3 is 15.1 Å². The van der Waals surface area contributed by atoms with Crippen molar-refractivity contribution in [1.82, 2.24) is 14.9 Å². The van der Waals surface area contributed by atoms with Crippen molar-refractivity contribution in [2.24, 2.45) is 0 Å². The van der Waals surface area contributed by atoms with Crippen LogP contribution in [-0.4, -0.2) is 45.3 Å².